The summed E-state index contributed by atoms with van der Waals surface area (Å²) in [6.45, 7) is 0. The zero-order valence-electron chi connectivity index (χ0n) is 10.5. The standard InChI is InChI=1S/C14H16N4S/c19-14(17-13-8-11-1-2-12(13)7-11)18-16-9-10-3-5-15-6-4-10/h1-6,9,11-13H,7-8H2,(H2,17,18,19). The van der Waals surface area contributed by atoms with Gasteiger partial charge in [-0.05, 0) is 54.6 Å². The first-order valence-corrected chi connectivity index (χ1v) is 6.90. The molecule has 0 saturated heterocycles. The molecule has 98 valence electrons. The molecule has 0 aromatic carbocycles. The van der Waals surface area contributed by atoms with Crippen molar-refractivity contribution in [2.24, 2.45) is 16.9 Å². The second-order valence-corrected chi connectivity index (χ2v) is 5.42. The Morgan fingerprint density at radius 3 is 2.84 bits per heavy atom. The molecule has 3 unspecified atom stereocenters. The van der Waals surface area contributed by atoms with Crippen molar-refractivity contribution in [2.45, 2.75) is 18.9 Å². The lowest BCUT2D eigenvalue weighted by molar-refractivity contribution is 0.521. The molecule has 0 radical (unpaired) electrons. The average molecular weight is 272 g/mol. The predicted molar refractivity (Wildman–Crippen MR) is 79.8 cm³/mol. The van der Waals surface area contributed by atoms with Crippen LogP contribution in [0.1, 0.15) is 18.4 Å². The molecule has 3 atom stereocenters. The molecule has 4 nitrogen and oxygen atoms in total. The molecule has 2 N–H and O–H groups in total. The van der Waals surface area contributed by atoms with Gasteiger partial charge < -0.3 is 5.32 Å². The fraction of sp³-hybridized carbons (Fsp3) is 0.357. The number of hydrazone groups is 1. The highest BCUT2D eigenvalue weighted by Crippen LogP contribution is 2.38. The number of pyridine rings is 1. The Balaban J connectivity index is 1.47. The summed E-state index contributed by atoms with van der Waals surface area (Å²) < 4.78 is 0. The smallest absolute Gasteiger partial charge is 0.187 e. The van der Waals surface area contributed by atoms with Crippen LogP contribution in [0.25, 0.3) is 0 Å². The molecule has 2 aliphatic rings. The van der Waals surface area contributed by atoms with Gasteiger partial charge in [0.1, 0.15) is 0 Å². The van der Waals surface area contributed by atoms with Gasteiger partial charge in [-0.3, -0.25) is 10.4 Å². The van der Waals surface area contributed by atoms with Gasteiger partial charge in [-0.15, -0.1) is 0 Å². The van der Waals surface area contributed by atoms with Gasteiger partial charge in [0.15, 0.2) is 5.11 Å². The summed E-state index contributed by atoms with van der Waals surface area (Å²) in [7, 11) is 0. The third-order valence-corrected chi connectivity index (χ3v) is 3.89. The lowest BCUT2D eigenvalue weighted by Crippen LogP contribution is -2.42. The maximum absolute atomic E-state index is 5.25. The van der Waals surface area contributed by atoms with Crippen LogP contribution in [0.2, 0.25) is 0 Å². The fourth-order valence-electron chi connectivity index (χ4n) is 2.76. The van der Waals surface area contributed by atoms with Crippen molar-refractivity contribution in [1.82, 2.24) is 15.7 Å². The number of fused-ring (bicyclic) bond motifs is 2. The van der Waals surface area contributed by atoms with Crippen LogP contribution in [0, 0.1) is 11.8 Å². The van der Waals surface area contributed by atoms with E-state index < -0.39 is 0 Å². The van der Waals surface area contributed by atoms with Crippen molar-refractivity contribution < 1.29 is 0 Å². The van der Waals surface area contributed by atoms with E-state index in [1.165, 1.54) is 12.8 Å². The normalized spacial score (nSPS) is 27.9. The van der Waals surface area contributed by atoms with Crippen molar-refractivity contribution >= 4 is 23.5 Å². The molecule has 1 heterocycles. The summed E-state index contributed by atoms with van der Waals surface area (Å²) in [4.78, 5) is 3.95. The SMILES string of the molecule is S=C(NN=Cc1ccncc1)NC1CC2C=CC1C2. The van der Waals surface area contributed by atoms with Crippen LogP contribution >= 0.6 is 12.2 Å². The number of nitrogens with zero attached hydrogens (tertiary/aromatic N) is 2. The average Bonchev–Trinajstić information content (AvgIpc) is 3.02. The van der Waals surface area contributed by atoms with Crippen molar-refractivity contribution in [3.8, 4) is 0 Å². The van der Waals surface area contributed by atoms with Crippen molar-refractivity contribution in [3.05, 3.63) is 42.2 Å². The zero-order chi connectivity index (χ0) is 13.1. The molecule has 0 spiro atoms. The molecular formula is C14H16N4S. The molecule has 2 bridgehead atoms. The van der Waals surface area contributed by atoms with E-state index in [1.54, 1.807) is 18.6 Å². The maximum atomic E-state index is 5.25. The molecule has 19 heavy (non-hydrogen) atoms. The van der Waals surface area contributed by atoms with E-state index in [-0.39, 0.29) is 0 Å². The molecule has 3 rings (SSSR count). The van der Waals surface area contributed by atoms with E-state index in [2.05, 4.69) is 33.0 Å². The Kier molecular flexibility index (Phi) is 3.55. The van der Waals surface area contributed by atoms with E-state index >= 15 is 0 Å². The predicted octanol–water partition coefficient (Wildman–Crippen LogP) is 1.84. The van der Waals surface area contributed by atoms with Crippen LogP contribution in [-0.2, 0) is 0 Å². The monoisotopic (exact) mass is 272 g/mol. The van der Waals surface area contributed by atoms with E-state index in [0.717, 1.165) is 11.5 Å². The summed E-state index contributed by atoms with van der Waals surface area (Å²) in [6.07, 6.45) is 12.3. The van der Waals surface area contributed by atoms with Crippen LogP contribution < -0.4 is 10.7 Å². The highest BCUT2D eigenvalue weighted by Gasteiger charge is 2.35. The first-order chi connectivity index (χ1) is 9.31. The Labute approximate surface area is 118 Å². The van der Waals surface area contributed by atoms with Gasteiger partial charge in [-0.25, -0.2) is 0 Å². The number of hydrogen-bond donors (Lipinski definition) is 2. The summed E-state index contributed by atoms with van der Waals surface area (Å²) in [5.41, 5.74) is 3.86. The lowest BCUT2D eigenvalue weighted by atomic mass is 10.0. The fourth-order valence-corrected chi connectivity index (χ4v) is 2.97. The molecular weight excluding hydrogens is 256 g/mol. The van der Waals surface area contributed by atoms with E-state index in [9.17, 15) is 0 Å². The summed E-state index contributed by atoms with van der Waals surface area (Å²) in [5, 5.41) is 8.05. The minimum absolute atomic E-state index is 0.464. The minimum atomic E-state index is 0.464. The van der Waals surface area contributed by atoms with Gasteiger partial charge in [0.25, 0.3) is 0 Å². The minimum Gasteiger partial charge on any atom is -0.358 e. The first-order valence-electron chi connectivity index (χ1n) is 6.49. The van der Waals surface area contributed by atoms with Crippen LogP contribution in [0.4, 0.5) is 0 Å². The number of hydrogen-bond acceptors (Lipinski definition) is 3. The number of allylic oxidation sites excluding steroid dienone is 1. The Morgan fingerprint density at radius 2 is 2.16 bits per heavy atom. The second-order valence-electron chi connectivity index (χ2n) is 5.01. The van der Waals surface area contributed by atoms with Crippen LogP contribution in [0.3, 0.4) is 0 Å². The third kappa shape index (κ3) is 2.98. The summed E-state index contributed by atoms with van der Waals surface area (Å²) in [6, 6.07) is 4.25. The van der Waals surface area contributed by atoms with Crippen molar-refractivity contribution in [2.75, 3.05) is 0 Å². The summed E-state index contributed by atoms with van der Waals surface area (Å²) >= 11 is 5.25. The second kappa shape index (κ2) is 5.48. The van der Waals surface area contributed by atoms with Gasteiger partial charge in [-0.1, -0.05) is 12.2 Å². The molecule has 0 amide bonds. The first kappa shape index (κ1) is 12.3. The van der Waals surface area contributed by atoms with Crippen LogP contribution in [-0.4, -0.2) is 22.4 Å². The molecule has 2 aliphatic carbocycles. The molecule has 5 heteroatoms. The third-order valence-electron chi connectivity index (χ3n) is 3.68. The van der Waals surface area contributed by atoms with Crippen molar-refractivity contribution in [3.63, 3.8) is 0 Å². The largest absolute Gasteiger partial charge is 0.358 e. The highest BCUT2D eigenvalue weighted by molar-refractivity contribution is 7.80. The van der Waals surface area contributed by atoms with Crippen LogP contribution in [0.15, 0.2) is 41.8 Å². The molecule has 0 aliphatic heterocycles. The zero-order valence-corrected chi connectivity index (χ0v) is 11.3. The number of nitrogens with one attached hydrogen (secondary N) is 2. The summed E-state index contributed by atoms with van der Waals surface area (Å²) in [5.74, 6) is 1.37. The quantitative estimate of drug-likeness (QED) is 0.381. The maximum Gasteiger partial charge on any atom is 0.187 e. The Hall–Kier alpha value is -1.75. The Bertz CT molecular complexity index is 511. The van der Waals surface area contributed by atoms with Gasteiger partial charge in [0, 0.05) is 18.4 Å². The molecule has 1 saturated carbocycles. The lowest BCUT2D eigenvalue weighted by Gasteiger charge is -2.20. The number of aromatic nitrogens is 1. The number of thiocarbonyl (C=S) groups is 1. The van der Waals surface area contributed by atoms with E-state index in [1.807, 2.05) is 12.1 Å². The van der Waals surface area contributed by atoms with Crippen molar-refractivity contribution in [1.29, 1.82) is 0 Å². The van der Waals surface area contributed by atoms with E-state index in [0.29, 0.717) is 17.1 Å². The van der Waals surface area contributed by atoms with Crippen LogP contribution in [0.5, 0.6) is 0 Å². The van der Waals surface area contributed by atoms with Gasteiger partial charge >= 0.3 is 0 Å². The number of rotatable bonds is 3. The van der Waals surface area contributed by atoms with Gasteiger partial charge in [0.05, 0.1) is 6.21 Å². The van der Waals surface area contributed by atoms with E-state index in [4.69, 9.17) is 12.2 Å². The topological polar surface area (TPSA) is 49.3 Å². The Morgan fingerprint density at radius 1 is 1.32 bits per heavy atom. The molecule has 1 fully saturated rings. The van der Waals surface area contributed by atoms with Gasteiger partial charge in [-0.2, -0.15) is 5.10 Å². The van der Waals surface area contributed by atoms with Gasteiger partial charge in [0.2, 0.25) is 0 Å². The molecule has 1 aromatic heterocycles. The molecule has 1 aromatic rings. The highest BCUT2D eigenvalue weighted by atomic mass is 32.1.